The number of hydrogen-bond acceptors (Lipinski definition) is 5. The Morgan fingerprint density at radius 1 is 1.42 bits per heavy atom. The van der Waals surface area contributed by atoms with Gasteiger partial charge in [-0.25, -0.2) is 14.5 Å². The molecule has 3 heterocycles. The lowest BCUT2D eigenvalue weighted by Crippen LogP contribution is -2.56. The van der Waals surface area contributed by atoms with Crippen LogP contribution in [-0.2, 0) is 4.79 Å². The van der Waals surface area contributed by atoms with Crippen LogP contribution in [-0.4, -0.2) is 48.8 Å². The smallest absolute Gasteiger partial charge is 0.329 e. The Bertz CT molecular complexity index is 842. The third-order valence-electron chi connectivity index (χ3n) is 5.06. The highest BCUT2D eigenvalue weighted by molar-refractivity contribution is 7.99. The molecule has 2 aromatic heterocycles. The highest BCUT2D eigenvalue weighted by Crippen LogP contribution is 2.29. The van der Waals surface area contributed by atoms with Gasteiger partial charge in [0.25, 0.3) is 5.91 Å². The average molecular weight is 376 g/mol. The quantitative estimate of drug-likeness (QED) is 0.833. The van der Waals surface area contributed by atoms with Crippen LogP contribution in [0.15, 0.2) is 12.3 Å². The molecule has 0 radical (unpaired) electrons. The van der Waals surface area contributed by atoms with Crippen molar-refractivity contribution in [3.63, 3.8) is 0 Å². The van der Waals surface area contributed by atoms with Gasteiger partial charge in [-0.05, 0) is 50.7 Å². The van der Waals surface area contributed by atoms with E-state index in [2.05, 4.69) is 29.2 Å². The number of hydrogen-bond donors (Lipinski definition) is 2. The van der Waals surface area contributed by atoms with E-state index in [-0.39, 0.29) is 11.9 Å². The summed E-state index contributed by atoms with van der Waals surface area (Å²) < 4.78 is 1.82. The Labute approximate surface area is 156 Å². The molecule has 0 spiro atoms. The maximum Gasteiger partial charge on any atom is 0.329 e. The summed E-state index contributed by atoms with van der Waals surface area (Å²) in [5.74, 6) is 0.106. The number of carbonyl (C=O) groups is 2. The Morgan fingerprint density at radius 3 is 2.73 bits per heavy atom. The fraction of sp³-hybridized carbons (Fsp3) is 0.556. The van der Waals surface area contributed by atoms with Crippen LogP contribution < -0.4 is 5.32 Å². The van der Waals surface area contributed by atoms with Gasteiger partial charge in [-0.1, -0.05) is 6.92 Å². The van der Waals surface area contributed by atoms with E-state index in [1.807, 2.05) is 11.6 Å². The summed E-state index contributed by atoms with van der Waals surface area (Å²) in [6, 6.07) is 1.87. The second kappa shape index (κ2) is 7.26. The van der Waals surface area contributed by atoms with Gasteiger partial charge in [-0.3, -0.25) is 4.79 Å². The van der Waals surface area contributed by atoms with Gasteiger partial charge in [-0.15, -0.1) is 0 Å². The maximum absolute atomic E-state index is 13.0. The minimum Gasteiger partial charge on any atom is -0.480 e. The van der Waals surface area contributed by atoms with Crippen LogP contribution >= 0.6 is 11.8 Å². The van der Waals surface area contributed by atoms with E-state index in [1.165, 1.54) is 0 Å². The van der Waals surface area contributed by atoms with Crippen molar-refractivity contribution in [2.24, 2.45) is 0 Å². The molecule has 0 bridgehead atoms. The van der Waals surface area contributed by atoms with Crippen molar-refractivity contribution in [3.05, 3.63) is 23.5 Å². The Kier molecular flexibility index (Phi) is 5.22. The molecule has 1 amide bonds. The van der Waals surface area contributed by atoms with E-state index >= 15 is 0 Å². The number of pyridine rings is 1. The molecule has 2 N–H and O–H groups in total. The molecule has 1 atom stereocenters. The van der Waals surface area contributed by atoms with Gasteiger partial charge >= 0.3 is 5.97 Å². The molecule has 1 aliphatic heterocycles. The normalized spacial score (nSPS) is 17.8. The van der Waals surface area contributed by atoms with E-state index in [0.717, 1.165) is 17.9 Å². The number of aromatic nitrogens is 3. The third-order valence-corrected chi connectivity index (χ3v) is 6.04. The summed E-state index contributed by atoms with van der Waals surface area (Å²) in [6.07, 6.45) is 3.40. The van der Waals surface area contributed by atoms with Gasteiger partial charge in [0.05, 0.1) is 23.2 Å². The SMILES string of the molecule is CCC(C)n1ncc2c(C(=O)NC3(C(=O)O)CCSCC3)cc(C)nc21. The van der Waals surface area contributed by atoms with Crippen LogP contribution in [0.1, 0.15) is 55.2 Å². The van der Waals surface area contributed by atoms with Crippen molar-refractivity contribution >= 4 is 34.7 Å². The van der Waals surface area contributed by atoms with Crippen molar-refractivity contribution < 1.29 is 14.7 Å². The van der Waals surface area contributed by atoms with Gasteiger partial charge in [0.2, 0.25) is 0 Å². The minimum absolute atomic E-state index is 0.165. The Morgan fingerprint density at radius 2 is 2.12 bits per heavy atom. The fourth-order valence-corrected chi connectivity index (χ4v) is 4.41. The average Bonchev–Trinajstić information content (AvgIpc) is 3.04. The van der Waals surface area contributed by atoms with E-state index in [0.29, 0.717) is 35.1 Å². The second-order valence-corrected chi connectivity index (χ2v) is 8.07. The van der Waals surface area contributed by atoms with Crippen LogP contribution in [0, 0.1) is 6.92 Å². The number of carboxylic acid groups (broad SMARTS) is 1. The van der Waals surface area contributed by atoms with Crippen molar-refractivity contribution in [2.75, 3.05) is 11.5 Å². The van der Waals surface area contributed by atoms with Crippen LogP contribution in [0.2, 0.25) is 0 Å². The van der Waals surface area contributed by atoms with Crippen molar-refractivity contribution in [3.8, 4) is 0 Å². The number of carboxylic acids is 1. The zero-order chi connectivity index (χ0) is 18.9. The van der Waals surface area contributed by atoms with Gasteiger partial charge in [-0.2, -0.15) is 16.9 Å². The summed E-state index contributed by atoms with van der Waals surface area (Å²) in [6.45, 7) is 5.95. The molecule has 1 saturated heterocycles. The van der Waals surface area contributed by atoms with Gasteiger partial charge in [0, 0.05) is 5.69 Å². The maximum atomic E-state index is 13.0. The summed E-state index contributed by atoms with van der Waals surface area (Å²) in [7, 11) is 0. The van der Waals surface area contributed by atoms with Crippen molar-refractivity contribution in [1.82, 2.24) is 20.1 Å². The number of carbonyl (C=O) groups excluding carboxylic acids is 1. The minimum atomic E-state index is -1.20. The molecular weight excluding hydrogens is 352 g/mol. The van der Waals surface area contributed by atoms with Gasteiger partial charge in [0.15, 0.2) is 5.65 Å². The highest BCUT2D eigenvalue weighted by atomic mass is 32.2. The first-order valence-corrected chi connectivity index (χ1v) is 10.0. The summed E-state index contributed by atoms with van der Waals surface area (Å²) >= 11 is 1.71. The first-order chi connectivity index (χ1) is 12.4. The summed E-state index contributed by atoms with van der Waals surface area (Å²) in [4.78, 5) is 29.4. The van der Waals surface area contributed by atoms with Gasteiger partial charge in [0.1, 0.15) is 5.54 Å². The predicted octanol–water partition coefficient (Wildman–Crippen LogP) is 2.79. The summed E-state index contributed by atoms with van der Waals surface area (Å²) in [5, 5.41) is 17.6. The first kappa shape index (κ1) is 18.7. The number of nitrogens with one attached hydrogen (secondary N) is 1. The van der Waals surface area contributed by atoms with Crippen LogP contribution in [0.3, 0.4) is 0 Å². The molecule has 8 heteroatoms. The lowest BCUT2D eigenvalue weighted by Gasteiger charge is -2.33. The predicted molar refractivity (Wildman–Crippen MR) is 102 cm³/mol. The highest BCUT2D eigenvalue weighted by Gasteiger charge is 2.41. The molecule has 7 nitrogen and oxygen atoms in total. The van der Waals surface area contributed by atoms with E-state index in [9.17, 15) is 14.7 Å². The number of nitrogens with zero attached hydrogens (tertiary/aromatic N) is 3. The number of aliphatic carboxylic acids is 1. The van der Waals surface area contributed by atoms with Crippen LogP contribution in [0.25, 0.3) is 11.0 Å². The lowest BCUT2D eigenvalue weighted by atomic mass is 9.91. The molecule has 0 aliphatic carbocycles. The fourth-order valence-electron chi connectivity index (χ4n) is 3.22. The Hall–Kier alpha value is -2.09. The summed E-state index contributed by atoms with van der Waals surface area (Å²) in [5.41, 5.74) is 0.601. The topological polar surface area (TPSA) is 97.1 Å². The van der Waals surface area contributed by atoms with Crippen molar-refractivity contribution in [2.45, 2.75) is 51.6 Å². The zero-order valence-corrected chi connectivity index (χ0v) is 16.1. The standard InChI is InChI=1S/C18H24N4O3S/c1-4-12(3)22-15-14(10-19-22)13(9-11(2)20-15)16(23)21-18(17(24)25)5-7-26-8-6-18/h9-10,12H,4-8H2,1-3H3,(H,21,23)(H,24,25). The van der Waals surface area contributed by atoms with Gasteiger partial charge < -0.3 is 10.4 Å². The Balaban J connectivity index is 2.00. The molecule has 0 saturated carbocycles. The monoisotopic (exact) mass is 376 g/mol. The largest absolute Gasteiger partial charge is 0.480 e. The number of fused-ring (bicyclic) bond motifs is 1. The van der Waals surface area contributed by atoms with E-state index in [4.69, 9.17) is 0 Å². The van der Waals surface area contributed by atoms with E-state index < -0.39 is 11.5 Å². The van der Waals surface area contributed by atoms with E-state index in [1.54, 1.807) is 24.0 Å². The second-order valence-electron chi connectivity index (χ2n) is 6.85. The number of amides is 1. The molecule has 1 unspecified atom stereocenters. The molecule has 3 rings (SSSR count). The molecule has 1 fully saturated rings. The number of rotatable bonds is 5. The third kappa shape index (κ3) is 3.30. The molecule has 140 valence electrons. The first-order valence-electron chi connectivity index (χ1n) is 8.86. The number of thioether (sulfide) groups is 1. The van der Waals surface area contributed by atoms with Crippen LogP contribution in [0.5, 0.6) is 0 Å². The molecule has 0 aromatic carbocycles. The van der Waals surface area contributed by atoms with Crippen LogP contribution in [0.4, 0.5) is 0 Å². The molecule has 2 aromatic rings. The number of aryl methyl sites for hydroxylation is 1. The van der Waals surface area contributed by atoms with Crippen molar-refractivity contribution in [1.29, 1.82) is 0 Å². The molecular formula is C18H24N4O3S. The molecule has 1 aliphatic rings. The zero-order valence-electron chi connectivity index (χ0n) is 15.3. The lowest BCUT2D eigenvalue weighted by molar-refractivity contribution is -0.144. The molecule has 26 heavy (non-hydrogen) atoms.